The molecule has 6 aromatic rings. The lowest BCUT2D eigenvalue weighted by Gasteiger charge is -2.29. The van der Waals surface area contributed by atoms with Crippen LogP contribution in [0.2, 0.25) is 5.02 Å². The number of ether oxygens (including phenoxy) is 1. The van der Waals surface area contributed by atoms with Gasteiger partial charge in [-0.1, -0.05) is 95.6 Å². The number of fused-ring (bicyclic) bond motifs is 6. The maximum absolute atomic E-state index is 6.35. The molecule has 0 bridgehead atoms. The molecule has 0 saturated heterocycles. The van der Waals surface area contributed by atoms with Crippen LogP contribution >= 0.6 is 11.6 Å². The molecule has 0 saturated carbocycles. The third-order valence-electron chi connectivity index (χ3n) is 6.64. The number of benzene rings is 4. The highest BCUT2D eigenvalue weighted by Crippen LogP contribution is 2.50. The molecule has 0 unspecified atom stereocenters. The van der Waals surface area contributed by atoms with Gasteiger partial charge in [-0.3, -0.25) is 0 Å². The third kappa shape index (κ3) is 3.84. The van der Waals surface area contributed by atoms with Crippen molar-refractivity contribution in [1.29, 1.82) is 0 Å². The van der Waals surface area contributed by atoms with E-state index in [2.05, 4.69) is 51.6 Å². The molecule has 2 aromatic heterocycles. The lowest BCUT2D eigenvalue weighted by atomic mass is 9.81. The average molecular weight is 518 g/mol. The van der Waals surface area contributed by atoms with Gasteiger partial charge in [0.25, 0.3) is 0 Å². The van der Waals surface area contributed by atoms with Crippen molar-refractivity contribution >= 4 is 34.2 Å². The summed E-state index contributed by atoms with van der Waals surface area (Å²) in [5.41, 5.74) is 4.50. The summed E-state index contributed by atoms with van der Waals surface area (Å²) in [7, 11) is 0. The van der Waals surface area contributed by atoms with Gasteiger partial charge in [-0.2, -0.15) is 0 Å². The first kappa shape index (κ1) is 22.4. The van der Waals surface area contributed by atoms with Crippen molar-refractivity contribution in [2.45, 2.75) is 12.5 Å². The van der Waals surface area contributed by atoms with Gasteiger partial charge < -0.3 is 9.57 Å². The van der Waals surface area contributed by atoms with Crippen molar-refractivity contribution in [2.75, 3.05) is 0 Å². The Kier molecular flexibility index (Phi) is 5.48. The zero-order valence-corrected chi connectivity index (χ0v) is 20.8. The topological polar surface area (TPSA) is 73.9 Å². The molecule has 1 atom stereocenters. The highest BCUT2D eigenvalue weighted by atomic mass is 35.5. The van der Waals surface area contributed by atoms with Crippen molar-refractivity contribution in [3.63, 3.8) is 0 Å². The smallest absolute Gasteiger partial charge is 0.228 e. The highest BCUT2D eigenvalue weighted by Gasteiger charge is 2.34. The number of aromatic nitrogens is 4. The molecule has 4 aromatic carbocycles. The van der Waals surface area contributed by atoms with E-state index in [1.54, 1.807) is 23.1 Å². The monoisotopic (exact) mass is 517 g/mol. The Balaban J connectivity index is 1.31. The van der Waals surface area contributed by atoms with Gasteiger partial charge in [-0.05, 0) is 28.5 Å². The first-order valence-electron chi connectivity index (χ1n) is 12.1. The first-order valence-corrected chi connectivity index (χ1v) is 12.5. The Morgan fingerprint density at radius 1 is 0.921 bits per heavy atom. The van der Waals surface area contributed by atoms with Crippen LogP contribution in [-0.2, 0) is 11.4 Å². The van der Waals surface area contributed by atoms with Crippen LogP contribution in [-0.4, -0.2) is 25.8 Å². The van der Waals surface area contributed by atoms with Crippen LogP contribution in [0, 0.1) is 0 Å². The SMILES string of the molecule is Clc1ccccc1/C=N\OCc1nc2c3c(ncn2n1)Oc1ccc2ccccc2c1[C@@H]3c1ccccc1. The molecule has 7 nitrogen and oxygen atoms in total. The first-order chi connectivity index (χ1) is 18.8. The molecule has 7 rings (SSSR count). The number of oxime groups is 1. The fourth-order valence-corrected chi connectivity index (χ4v) is 5.14. The van der Waals surface area contributed by atoms with Gasteiger partial charge >= 0.3 is 0 Å². The summed E-state index contributed by atoms with van der Waals surface area (Å²) in [5.74, 6) is 1.64. The van der Waals surface area contributed by atoms with E-state index in [4.69, 9.17) is 26.2 Å². The Morgan fingerprint density at radius 2 is 1.74 bits per heavy atom. The van der Waals surface area contributed by atoms with Crippen molar-refractivity contribution in [3.05, 3.63) is 130 Å². The maximum atomic E-state index is 6.35. The van der Waals surface area contributed by atoms with Crippen LogP contribution in [0.5, 0.6) is 11.6 Å². The van der Waals surface area contributed by atoms with E-state index in [1.807, 2.05) is 48.5 Å². The van der Waals surface area contributed by atoms with Crippen molar-refractivity contribution in [3.8, 4) is 11.6 Å². The van der Waals surface area contributed by atoms with Gasteiger partial charge in [0.1, 0.15) is 12.1 Å². The van der Waals surface area contributed by atoms with E-state index < -0.39 is 0 Å². The highest BCUT2D eigenvalue weighted by molar-refractivity contribution is 6.33. The van der Waals surface area contributed by atoms with Crippen molar-refractivity contribution in [2.24, 2.45) is 5.16 Å². The van der Waals surface area contributed by atoms with Gasteiger partial charge in [-0.25, -0.2) is 14.5 Å². The number of nitrogens with zero attached hydrogens (tertiary/aromatic N) is 5. The molecule has 0 amide bonds. The third-order valence-corrected chi connectivity index (χ3v) is 6.99. The van der Waals surface area contributed by atoms with Crippen LogP contribution in [0.3, 0.4) is 0 Å². The molecule has 38 heavy (non-hydrogen) atoms. The molecular weight excluding hydrogens is 498 g/mol. The molecule has 3 heterocycles. The van der Waals surface area contributed by atoms with E-state index in [9.17, 15) is 0 Å². The lowest BCUT2D eigenvalue weighted by molar-refractivity contribution is 0.126. The van der Waals surface area contributed by atoms with Gasteiger partial charge in [0.05, 0.1) is 11.8 Å². The normalized spacial score (nSPS) is 14.4. The van der Waals surface area contributed by atoms with Gasteiger partial charge in [0, 0.05) is 22.1 Å². The van der Waals surface area contributed by atoms with Gasteiger partial charge in [0.15, 0.2) is 18.1 Å². The standard InChI is InChI=1S/C30H20ClN5O2/c31-23-13-7-5-11-21(23)16-33-37-17-25-34-29-28-26(20-9-2-1-3-10-20)27-22-12-6-4-8-19(22)14-15-24(27)38-30(28)32-18-36(29)35-25/h1-16,18,26H,17H2/b33-16-/t26-/m0/s1. The molecule has 1 aliphatic rings. The minimum atomic E-state index is -0.145. The van der Waals surface area contributed by atoms with Crippen LogP contribution in [0.4, 0.5) is 0 Å². The molecule has 0 spiro atoms. The van der Waals surface area contributed by atoms with E-state index in [0.717, 1.165) is 38.8 Å². The molecule has 0 radical (unpaired) electrons. The van der Waals surface area contributed by atoms with Crippen molar-refractivity contribution in [1.82, 2.24) is 19.6 Å². The maximum Gasteiger partial charge on any atom is 0.228 e. The number of hydrogen-bond acceptors (Lipinski definition) is 6. The summed E-state index contributed by atoms with van der Waals surface area (Å²) < 4.78 is 8.03. The fraction of sp³-hybridized carbons (Fsp3) is 0.0667. The lowest BCUT2D eigenvalue weighted by Crippen LogP contribution is -2.15. The summed E-state index contributed by atoms with van der Waals surface area (Å²) in [4.78, 5) is 14.9. The van der Waals surface area contributed by atoms with E-state index in [-0.39, 0.29) is 12.5 Å². The van der Waals surface area contributed by atoms with Crippen LogP contribution in [0.25, 0.3) is 16.4 Å². The van der Waals surface area contributed by atoms with Gasteiger partial charge in [-0.15, -0.1) is 5.10 Å². The summed E-state index contributed by atoms with van der Waals surface area (Å²) in [5, 5.41) is 11.5. The van der Waals surface area contributed by atoms with Crippen LogP contribution in [0.15, 0.2) is 102 Å². The second kappa shape index (κ2) is 9.28. The molecule has 0 fully saturated rings. The number of rotatable bonds is 5. The predicted octanol–water partition coefficient (Wildman–Crippen LogP) is 6.77. The van der Waals surface area contributed by atoms with Gasteiger partial charge in [0.2, 0.25) is 5.88 Å². The second-order valence-corrected chi connectivity index (χ2v) is 9.34. The minimum absolute atomic E-state index is 0.0911. The summed E-state index contributed by atoms with van der Waals surface area (Å²) in [6.07, 6.45) is 3.19. The molecule has 0 aliphatic carbocycles. The molecule has 184 valence electrons. The molecule has 0 N–H and O–H groups in total. The minimum Gasteiger partial charge on any atom is -0.438 e. The summed E-state index contributed by atoms with van der Waals surface area (Å²) in [6.45, 7) is 0.0911. The predicted molar refractivity (Wildman–Crippen MR) is 146 cm³/mol. The Morgan fingerprint density at radius 3 is 2.63 bits per heavy atom. The van der Waals surface area contributed by atoms with Crippen molar-refractivity contribution < 1.29 is 9.57 Å². The van der Waals surface area contributed by atoms with Crippen LogP contribution < -0.4 is 4.74 Å². The fourth-order valence-electron chi connectivity index (χ4n) is 4.96. The number of hydrogen-bond donors (Lipinski definition) is 0. The quantitative estimate of drug-likeness (QED) is 0.186. The van der Waals surface area contributed by atoms with E-state index in [1.165, 1.54) is 0 Å². The van der Waals surface area contributed by atoms with E-state index in [0.29, 0.717) is 22.4 Å². The average Bonchev–Trinajstić information content (AvgIpc) is 3.38. The molecular formula is C30H20ClN5O2. The molecule has 8 heteroatoms. The zero-order valence-electron chi connectivity index (χ0n) is 20.0. The second-order valence-electron chi connectivity index (χ2n) is 8.93. The largest absolute Gasteiger partial charge is 0.438 e. The summed E-state index contributed by atoms with van der Waals surface area (Å²) in [6, 6.07) is 30.2. The Labute approximate surface area is 222 Å². The zero-order chi connectivity index (χ0) is 25.5. The van der Waals surface area contributed by atoms with E-state index >= 15 is 0 Å². The Hall–Kier alpha value is -4.75. The van der Waals surface area contributed by atoms with Crippen LogP contribution in [0.1, 0.15) is 34.0 Å². The summed E-state index contributed by atoms with van der Waals surface area (Å²) >= 11 is 6.18. The Bertz CT molecular complexity index is 1830. The number of halogens is 1. The molecule has 1 aliphatic heterocycles.